The second-order valence-corrected chi connectivity index (χ2v) is 3.75. The van der Waals surface area contributed by atoms with Crippen LogP contribution in [0.25, 0.3) is 0 Å². The van der Waals surface area contributed by atoms with Gasteiger partial charge in [0.1, 0.15) is 0 Å². The minimum absolute atomic E-state index is 0.0708. The summed E-state index contributed by atoms with van der Waals surface area (Å²) in [4.78, 5) is 7.84. The molecule has 0 unspecified atom stereocenters. The van der Waals surface area contributed by atoms with Crippen LogP contribution in [0.2, 0.25) is 5.15 Å². The van der Waals surface area contributed by atoms with Gasteiger partial charge in [0.25, 0.3) is 0 Å². The van der Waals surface area contributed by atoms with Gasteiger partial charge < -0.3 is 0 Å². The number of nitrogens with zero attached hydrogens (tertiary/aromatic N) is 2. The van der Waals surface area contributed by atoms with Gasteiger partial charge in [-0.3, -0.25) is 4.98 Å². The summed E-state index contributed by atoms with van der Waals surface area (Å²) in [5.74, 6) is -0.430. The highest BCUT2D eigenvalue weighted by Crippen LogP contribution is 2.16. The second-order valence-electron chi connectivity index (χ2n) is 3.40. The molecule has 0 fully saturated rings. The Morgan fingerprint density at radius 2 is 1.94 bits per heavy atom. The molecule has 0 atom stereocenters. The predicted molar refractivity (Wildman–Crippen MR) is 60.9 cm³/mol. The summed E-state index contributed by atoms with van der Waals surface area (Å²) < 4.78 is 13.5. The molecule has 0 radical (unpaired) electrons. The van der Waals surface area contributed by atoms with Gasteiger partial charge >= 0.3 is 0 Å². The van der Waals surface area contributed by atoms with E-state index in [4.69, 9.17) is 11.6 Å². The molecule has 0 aliphatic rings. The van der Waals surface area contributed by atoms with Gasteiger partial charge in [0.15, 0.2) is 11.0 Å². The number of halogens is 2. The van der Waals surface area contributed by atoms with Gasteiger partial charge in [0.2, 0.25) is 0 Å². The number of aryl methyl sites for hydroxylation is 2. The van der Waals surface area contributed by atoms with E-state index in [2.05, 4.69) is 9.97 Å². The molecule has 0 saturated heterocycles. The lowest BCUT2D eigenvalue weighted by Crippen LogP contribution is -1.98. The first-order chi connectivity index (χ1) is 7.77. The fourth-order valence-electron chi connectivity index (χ4n) is 1.46. The number of rotatable bonds is 3. The fraction of sp³-hybridized carbons (Fsp3) is 0.167. The van der Waals surface area contributed by atoms with Crippen LogP contribution in [0.4, 0.5) is 4.39 Å². The largest absolute Gasteiger partial charge is 0.261 e. The van der Waals surface area contributed by atoms with Crippen molar-refractivity contribution in [3.05, 3.63) is 58.9 Å². The second kappa shape index (κ2) is 5.03. The van der Waals surface area contributed by atoms with Crippen LogP contribution in [-0.2, 0) is 12.8 Å². The van der Waals surface area contributed by atoms with Gasteiger partial charge in [-0.2, -0.15) is 0 Å². The van der Waals surface area contributed by atoms with Crippen LogP contribution in [-0.4, -0.2) is 9.97 Å². The molecule has 0 bridgehead atoms. The van der Waals surface area contributed by atoms with Crippen molar-refractivity contribution in [1.29, 1.82) is 0 Å². The summed E-state index contributed by atoms with van der Waals surface area (Å²) in [6.07, 6.45) is 4.51. The molecule has 82 valence electrons. The Labute approximate surface area is 98.1 Å². The molecule has 0 amide bonds. The summed E-state index contributed by atoms with van der Waals surface area (Å²) in [5, 5.41) is -0.0708. The minimum atomic E-state index is -0.430. The van der Waals surface area contributed by atoms with Crippen LogP contribution >= 0.6 is 11.6 Å². The quantitative estimate of drug-likeness (QED) is 0.766. The molecule has 2 aromatic heterocycles. The summed E-state index contributed by atoms with van der Waals surface area (Å²) >= 11 is 5.59. The lowest BCUT2D eigenvalue weighted by Gasteiger charge is -2.03. The zero-order valence-electron chi connectivity index (χ0n) is 8.53. The van der Waals surface area contributed by atoms with E-state index in [0.29, 0.717) is 18.4 Å². The maximum atomic E-state index is 13.5. The highest BCUT2D eigenvalue weighted by atomic mass is 35.5. The van der Waals surface area contributed by atoms with E-state index in [1.807, 2.05) is 18.2 Å². The smallest absolute Gasteiger partial charge is 0.164 e. The van der Waals surface area contributed by atoms with Gasteiger partial charge in [-0.1, -0.05) is 17.7 Å². The van der Waals surface area contributed by atoms with Crippen molar-refractivity contribution in [2.24, 2.45) is 0 Å². The zero-order chi connectivity index (χ0) is 11.4. The Kier molecular flexibility index (Phi) is 3.47. The Bertz CT molecular complexity index is 474. The molecule has 0 aliphatic carbocycles. The summed E-state index contributed by atoms with van der Waals surface area (Å²) in [5.41, 5.74) is 1.51. The lowest BCUT2D eigenvalue weighted by molar-refractivity contribution is 0.602. The molecular weight excluding hydrogens is 227 g/mol. The average Bonchev–Trinajstić information content (AvgIpc) is 2.32. The molecule has 0 spiro atoms. The van der Waals surface area contributed by atoms with Crippen molar-refractivity contribution < 1.29 is 4.39 Å². The SMILES string of the molecule is Fc1c(CCc2ccccn2)ccnc1Cl. The van der Waals surface area contributed by atoms with Crippen LogP contribution < -0.4 is 0 Å². The van der Waals surface area contributed by atoms with Crippen molar-refractivity contribution in [2.75, 3.05) is 0 Å². The molecule has 2 heterocycles. The van der Waals surface area contributed by atoms with E-state index >= 15 is 0 Å². The first-order valence-electron chi connectivity index (χ1n) is 4.96. The highest BCUT2D eigenvalue weighted by molar-refractivity contribution is 6.29. The first kappa shape index (κ1) is 11.0. The molecule has 0 saturated carbocycles. The van der Waals surface area contributed by atoms with Crippen LogP contribution in [0.15, 0.2) is 36.7 Å². The maximum absolute atomic E-state index is 13.5. The Balaban J connectivity index is 2.08. The molecular formula is C12H10ClFN2. The van der Waals surface area contributed by atoms with Gasteiger partial charge in [-0.15, -0.1) is 0 Å². The molecule has 0 N–H and O–H groups in total. The fourth-order valence-corrected chi connectivity index (χ4v) is 1.63. The van der Waals surface area contributed by atoms with E-state index in [0.717, 1.165) is 5.69 Å². The number of aromatic nitrogens is 2. The lowest BCUT2D eigenvalue weighted by atomic mass is 10.1. The van der Waals surface area contributed by atoms with Crippen LogP contribution in [0.3, 0.4) is 0 Å². The average molecular weight is 237 g/mol. The molecule has 2 aromatic rings. The molecule has 2 rings (SSSR count). The number of hydrogen-bond donors (Lipinski definition) is 0. The maximum Gasteiger partial charge on any atom is 0.164 e. The van der Waals surface area contributed by atoms with E-state index in [1.165, 1.54) is 6.20 Å². The third-order valence-electron chi connectivity index (χ3n) is 2.30. The highest BCUT2D eigenvalue weighted by Gasteiger charge is 2.07. The van der Waals surface area contributed by atoms with Crippen LogP contribution in [0, 0.1) is 5.82 Å². The van der Waals surface area contributed by atoms with Crippen LogP contribution in [0.5, 0.6) is 0 Å². The van der Waals surface area contributed by atoms with E-state index < -0.39 is 5.82 Å². The summed E-state index contributed by atoms with van der Waals surface area (Å²) in [7, 11) is 0. The Hall–Kier alpha value is -1.48. The van der Waals surface area contributed by atoms with Crippen LogP contribution in [0.1, 0.15) is 11.3 Å². The van der Waals surface area contributed by atoms with Gasteiger partial charge in [-0.05, 0) is 36.6 Å². The van der Waals surface area contributed by atoms with Crippen molar-refractivity contribution >= 4 is 11.6 Å². The minimum Gasteiger partial charge on any atom is -0.261 e. The van der Waals surface area contributed by atoms with E-state index in [1.54, 1.807) is 12.3 Å². The molecule has 2 nitrogen and oxygen atoms in total. The van der Waals surface area contributed by atoms with Crippen molar-refractivity contribution in [3.8, 4) is 0 Å². The molecule has 0 aliphatic heterocycles. The molecule has 4 heteroatoms. The number of pyridine rings is 2. The number of hydrogen-bond acceptors (Lipinski definition) is 2. The van der Waals surface area contributed by atoms with Gasteiger partial charge in [0, 0.05) is 18.1 Å². The van der Waals surface area contributed by atoms with E-state index in [9.17, 15) is 4.39 Å². The van der Waals surface area contributed by atoms with E-state index in [-0.39, 0.29) is 5.15 Å². The Morgan fingerprint density at radius 1 is 1.06 bits per heavy atom. The zero-order valence-corrected chi connectivity index (χ0v) is 9.28. The van der Waals surface area contributed by atoms with Gasteiger partial charge in [0.05, 0.1) is 0 Å². The van der Waals surface area contributed by atoms with Crippen molar-refractivity contribution in [1.82, 2.24) is 9.97 Å². The monoisotopic (exact) mass is 236 g/mol. The summed E-state index contributed by atoms with van der Waals surface area (Å²) in [6, 6.07) is 7.33. The topological polar surface area (TPSA) is 25.8 Å². The first-order valence-corrected chi connectivity index (χ1v) is 5.34. The third kappa shape index (κ3) is 2.55. The normalized spacial score (nSPS) is 10.4. The van der Waals surface area contributed by atoms with Crippen molar-refractivity contribution in [2.45, 2.75) is 12.8 Å². The standard InChI is InChI=1S/C12H10ClFN2/c13-12-11(14)9(6-8-16-12)4-5-10-3-1-2-7-15-10/h1-3,6-8H,4-5H2. The van der Waals surface area contributed by atoms with Gasteiger partial charge in [-0.25, -0.2) is 9.37 Å². The molecule has 16 heavy (non-hydrogen) atoms. The Morgan fingerprint density at radius 3 is 2.69 bits per heavy atom. The predicted octanol–water partition coefficient (Wildman–Crippen LogP) is 3.05. The summed E-state index contributed by atoms with van der Waals surface area (Å²) in [6.45, 7) is 0. The molecule has 0 aromatic carbocycles. The van der Waals surface area contributed by atoms with Crippen molar-refractivity contribution in [3.63, 3.8) is 0 Å². The third-order valence-corrected chi connectivity index (χ3v) is 2.57.